The molecule has 0 N–H and O–H groups in total. The molecule has 1 unspecified atom stereocenters. The Labute approximate surface area is 180 Å². The van der Waals surface area contributed by atoms with E-state index in [1.165, 1.54) is 11.1 Å². The second-order valence-electron chi connectivity index (χ2n) is 7.95. The van der Waals surface area contributed by atoms with Crippen LogP contribution in [0, 0.1) is 5.41 Å². The largest absolute Gasteiger partial charge is 0.500 e. The van der Waals surface area contributed by atoms with Crippen molar-refractivity contribution in [3.63, 3.8) is 0 Å². The second-order valence-corrected chi connectivity index (χ2v) is 7.95. The van der Waals surface area contributed by atoms with Crippen LogP contribution < -0.4 is 4.74 Å². The minimum absolute atomic E-state index is 0.237. The van der Waals surface area contributed by atoms with Crippen molar-refractivity contribution in [1.29, 1.82) is 0 Å². The number of hydrogen-bond donors (Lipinski definition) is 0. The highest BCUT2D eigenvalue weighted by atomic mass is 16.5. The van der Waals surface area contributed by atoms with Gasteiger partial charge in [0.25, 0.3) is 0 Å². The zero-order chi connectivity index (χ0) is 22.1. The Bertz CT molecular complexity index is 740. The summed E-state index contributed by atoms with van der Waals surface area (Å²) in [6.07, 6.45) is 3.86. The van der Waals surface area contributed by atoms with Gasteiger partial charge in [-0.15, -0.1) is 0 Å². The van der Waals surface area contributed by atoms with Crippen LogP contribution in [0.25, 0.3) is 0 Å². The highest BCUT2D eigenvalue weighted by Crippen LogP contribution is 2.42. The van der Waals surface area contributed by atoms with Gasteiger partial charge in [-0.05, 0) is 37.5 Å². The lowest BCUT2D eigenvalue weighted by atomic mass is 9.75. The highest BCUT2D eigenvalue weighted by molar-refractivity contribution is 5.46. The maximum absolute atomic E-state index is 5.78. The average Bonchev–Trinajstić information content (AvgIpc) is 2.69. The Kier molecular flexibility index (Phi) is 9.37. The molecule has 0 heterocycles. The first-order chi connectivity index (χ1) is 14.5. The van der Waals surface area contributed by atoms with E-state index in [1.807, 2.05) is 0 Å². The Morgan fingerprint density at radius 3 is 1.87 bits per heavy atom. The average molecular weight is 421 g/mol. The van der Waals surface area contributed by atoms with Gasteiger partial charge in [0.05, 0.1) is 46.1 Å². The van der Waals surface area contributed by atoms with Gasteiger partial charge in [0, 0.05) is 45.1 Å². The van der Waals surface area contributed by atoms with Gasteiger partial charge in [0.15, 0.2) is 0 Å². The molecule has 0 aromatic heterocycles. The molecule has 1 aliphatic rings. The number of methoxy groups -OCH3 is 6. The van der Waals surface area contributed by atoms with E-state index in [4.69, 9.17) is 28.4 Å². The molecule has 0 amide bonds. The second kappa shape index (κ2) is 11.5. The van der Waals surface area contributed by atoms with Crippen LogP contribution in [0.5, 0.6) is 5.75 Å². The third kappa shape index (κ3) is 5.64. The van der Waals surface area contributed by atoms with E-state index in [1.54, 1.807) is 42.7 Å². The van der Waals surface area contributed by atoms with Gasteiger partial charge in [-0.3, -0.25) is 0 Å². The van der Waals surface area contributed by atoms with Crippen LogP contribution >= 0.6 is 0 Å². The van der Waals surface area contributed by atoms with E-state index >= 15 is 0 Å². The zero-order valence-electron chi connectivity index (χ0n) is 19.4. The lowest BCUT2D eigenvalue weighted by Crippen LogP contribution is -2.31. The van der Waals surface area contributed by atoms with Crippen molar-refractivity contribution < 1.29 is 28.4 Å². The molecule has 0 spiro atoms. The quantitative estimate of drug-likeness (QED) is 0.508. The number of benzene rings is 1. The molecule has 2 rings (SSSR count). The molecule has 0 bridgehead atoms. The van der Waals surface area contributed by atoms with E-state index in [9.17, 15) is 0 Å². The maximum atomic E-state index is 5.78. The summed E-state index contributed by atoms with van der Waals surface area (Å²) in [7, 11) is 10.2. The molecular formula is C24H36O6. The molecule has 0 saturated heterocycles. The molecular weight excluding hydrogens is 384 g/mol. The third-order valence-electron chi connectivity index (χ3n) is 5.34. The smallest absolute Gasteiger partial charge is 0.129 e. The van der Waals surface area contributed by atoms with E-state index in [-0.39, 0.29) is 5.41 Å². The molecule has 0 radical (unpaired) electrons. The highest BCUT2D eigenvalue weighted by Gasteiger charge is 2.36. The molecule has 0 aliphatic heterocycles. The Morgan fingerprint density at radius 2 is 1.40 bits per heavy atom. The Balaban J connectivity index is 2.45. The molecule has 168 valence electrons. The van der Waals surface area contributed by atoms with Crippen molar-refractivity contribution in [2.45, 2.75) is 33.0 Å². The molecule has 1 aromatic rings. The van der Waals surface area contributed by atoms with Crippen LogP contribution in [0.1, 0.15) is 30.0 Å². The predicted molar refractivity (Wildman–Crippen MR) is 117 cm³/mol. The van der Waals surface area contributed by atoms with E-state index < -0.39 is 0 Å². The summed E-state index contributed by atoms with van der Waals surface area (Å²) < 4.78 is 33.2. The maximum Gasteiger partial charge on any atom is 0.129 e. The molecule has 6 heteroatoms. The van der Waals surface area contributed by atoms with Gasteiger partial charge in [0.1, 0.15) is 11.5 Å². The molecule has 1 aromatic carbocycles. The number of ether oxygens (including phenoxy) is 6. The van der Waals surface area contributed by atoms with Gasteiger partial charge in [-0.25, -0.2) is 0 Å². The summed E-state index contributed by atoms with van der Waals surface area (Å²) in [5.41, 5.74) is 5.36. The van der Waals surface area contributed by atoms with Crippen LogP contribution in [0.2, 0.25) is 0 Å². The fourth-order valence-electron chi connectivity index (χ4n) is 4.50. The lowest BCUT2D eigenvalue weighted by molar-refractivity contribution is 0.0654. The molecule has 1 aliphatic carbocycles. The van der Waals surface area contributed by atoms with Gasteiger partial charge in [-0.1, -0.05) is 11.6 Å². The van der Waals surface area contributed by atoms with E-state index in [2.05, 4.69) is 25.1 Å². The lowest BCUT2D eigenvalue weighted by Gasteiger charge is -2.36. The summed E-state index contributed by atoms with van der Waals surface area (Å²) in [4.78, 5) is 0. The van der Waals surface area contributed by atoms with Crippen molar-refractivity contribution in [3.8, 4) is 5.75 Å². The number of rotatable bonds is 12. The van der Waals surface area contributed by atoms with Crippen LogP contribution in [-0.2, 0) is 43.3 Å². The van der Waals surface area contributed by atoms with Gasteiger partial charge in [-0.2, -0.15) is 0 Å². The van der Waals surface area contributed by atoms with Crippen molar-refractivity contribution in [2.75, 3.05) is 55.9 Å². The normalized spacial score (nSPS) is 19.1. The number of allylic oxidation sites excluding steroid dienone is 1. The van der Waals surface area contributed by atoms with Crippen molar-refractivity contribution in [1.82, 2.24) is 0 Å². The van der Waals surface area contributed by atoms with Crippen LogP contribution in [0.4, 0.5) is 0 Å². The summed E-state index contributed by atoms with van der Waals surface area (Å²) >= 11 is 0. The van der Waals surface area contributed by atoms with Gasteiger partial charge in [0.2, 0.25) is 0 Å². The Morgan fingerprint density at radius 1 is 0.800 bits per heavy atom. The summed E-state index contributed by atoms with van der Waals surface area (Å²) in [5.74, 6) is 1.76. The summed E-state index contributed by atoms with van der Waals surface area (Å²) in [5, 5.41) is 0. The first-order valence-corrected chi connectivity index (χ1v) is 10.1. The van der Waals surface area contributed by atoms with Crippen molar-refractivity contribution in [2.24, 2.45) is 5.41 Å². The van der Waals surface area contributed by atoms with Crippen LogP contribution in [-0.4, -0.2) is 55.9 Å². The standard InChI is InChI=1S/C24H36O6/c1-24(16-28-5)12-18(11-21(15-27-4)23(24)30-7)8-17-9-19(13-25-2)22(29-6)20(10-17)14-26-3/h9-11H,8,12-16H2,1-7H3. The zero-order valence-corrected chi connectivity index (χ0v) is 19.4. The van der Waals surface area contributed by atoms with Crippen LogP contribution in [0.3, 0.4) is 0 Å². The van der Waals surface area contributed by atoms with Crippen LogP contribution in [0.15, 0.2) is 35.1 Å². The predicted octanol–water partition coefficient (Wildman–Crippen LogP) is 4.06. The van der Waals surface area contributed by atoms with Crippen molar-refractivity contribution in [3.05, 3.63) is 51.8 Å². The fraction of sp³-hybridized carbons (Fsp3) is 0.583. The minimum atomic E-state index is -0.237. The first kappa shape index (κ1) is 24.4. The number of hydrogen-bond acceptors (Lipinski definition) is 6. The fourth-order valence-corrected chi connectivity index (χ4v) is 4.50. The topological polar surface area (TPSA) is 55.4 Å². The molecule has 1 atom stereocenters. The minimum Gasteiger partial charge on any atom is -0.500 e. The SMILES string of the molecule is COCC1=C(OC)C(C)(COC)CC(Cc2cc(COC)c(OC)c(COC)c2)=C1. The van der Waals surface area contributed by atoms with E-state index in [0.29, 0.717) is 26.4 Å². The summed E-state index contributed by atoms with van der Waals surface area (Å²) in [6, 6.07) is 4.31. The third-order valence-corrected chi connectivity index (χ3v) is 5.34. The molecule has 0 saturated carbocycles. The first-order valence-electron chi connectivity index (χ1n) is 10.1. The Hall–Kier alpha value is -1.86. The molecule has 0 fully saturated rings. The molecule has 30 heavy (non-hydrogen) atoms. The van der Waals surface area contributed by atoms with Gasteiger partial charge >= 0.3 is 0 Å². The van der Waals surface area contributed by atoms with Crippen molar-refractivity contribution >= 4 is 0 Å². The molecule has 6 nitrogen and oxygen atoms in total. The summed E-state index contributed by atoms with van der Waals surface area (Å²) in [6.45, 7) is 4.22. The van der Waals surface area contributed by atoms with Gasteiger partial charge < -0.3 is 28.4 Å². The monoisotopic (exact) mass is 420 g/mol. The van der Waals surface area contributed by atoms with E-state index in [0.717, 1.165) is 41.1 Å².